The molecule has 1 aromatic heterocycles. The lowest BCUT2D eigenvalue weighted by Gasteiger charge is -2.35. The van der Waals surface area contributed by atoms with Gasteiger partial charge < -0.3 is 20.1 Å². The predicted octanol–water partition coefficient (Wildman–Crippen LogP) is 3.91. The summed E-state index contributed by atoms with van der Waals surface area (Å²) in [4.78, 5) is 32.2. The van der Waals surface area contributed by atoms with E-state index in [2.05, 4.69) is 0 Å². The number of ether oxygens (including phenoxy) is 2. The maximum atomic E-state index is 13.4. The summed E-state index contributed by atoms with van der Waals surface area (Å²) in [6, 6.07) is 16.8. The Morgan fingerprint density at radius 3 is 2.61 bits per heavy atom. The molecule has 2 aromatic carbocycles. The Morgan fingerprint density at radius 2 is 1.88 bits per heavy atom. The van der Waals surface area contributed by atoms with Crippen molar-refractivity contribution >= 4 is 22.7 Å². The molecular formula is C26H29N3O4. The van der Waals surface area contributed by atoms with Crippen LogP contribution in [0.4, 0.5) is 0 Å². The minimum atomic E-state index is -0.625. The Balaban J connectivity index is 1.57. The molecule has 1 aliphatic heterocycles. The van der Waals surface area contributed by atoms with Crippen LogP contribution in [0.5, 0.6) is 11.5 Å². The van der Waals surface area contributed by atoms with Gasteiger partial charge in [0, 0.05) is 24.4 Å². The van der Waals surface area contributed by atoms with Crippen molar-refractivity contribution in [2.75, 3.05) is 20.2 Å². The highest BCUT2D eigenvalue weighted by molar-refractivity contribution is 5.97. The second-order valence-electron chi connectivity index (χ2n) is 8.27. The highest BCUT2D eigenvalue weighted by Crippen LogP contribution is 2.32. The summed E-state index contributed by atoms with van der Waals surface area (Å²) in [6.07, 6.45) is 1.55. The van der Waals surface area contributed by atoms with Gasteiger partial charge in [-0.15, -0.1) is 0 Å². The molecule has 0 aliphatic carbocycles. The molecule has 0 radical (unpaired) electrons. The highest BCUT2D eigenvalue weighted by Gasteiger charge is 2.32. The molecular weight excluding hydrogens is 418 g/mol. The van der Waals surface area contributed by atoms with Gasteiger partial charge in [0.15, 0.2) is 17.6 Å². The molecule has 0 bridgehead atoms. The van der Waals surface area contributed by atoms with Gasteiger partial charge in [-0.25, -0.2) is 0 Å². The van der Waals surface area contributed by atoms with Gasteiger partial charge in [-0.05, 0) is 43.5 Å². The number of primary amides is 1. The van der Waals surface area contributed by atoms with Gasteiger partial charge in [0.05, 0.1) is 23.9 Å². The van der Waals surface area contributed by atoms with E-state index >= 15 is 0 Å². The number of fused-ring (bicyclic) bond motifs is 1. The third-order valence-corrected chi connectivity index (χ3v) is 6.12. The number of methoxy groups -OCH3 is 1. The molecule has 1 saturated heterocycles. The Bertz CT molecular complexity index is 1160. The number of nitrogens with zero attached hydrogens (tertiary/aromatic N) is 2. The van der Waals surface area contributed by atoms with Crippen LogP contribution < -0.4 is 15.2 Å². The van der Waals surface area contributed by atoms with Crippen LogP contribution in [0.1, 0.15) is 48.2 Å². The van der Waals surface area contributed by atoms with Crippen LogP contribution in [0, 0.1) is 0 Å². The summed E-state index contributed by atoms with van der Waals surface area (Å²) < 4.78 is 11.4. The van der Waals surface area contributed by atoms with Gasteiger partial charge in [0.1, 0.15) is 0 Å². The SMILES string of the molecule is CC[C@H](Oc1ccccc1OC)C(=O)N1CCC[C@H](c2nc3ccccc3cc2C(N)=O)C1. The first-order valence-electron chi connectivity index (χ1n) is 11.3. The van der Waals surface area contributed by atoms with Crippen molar-refractivity contribution in [2.45, 2.75) is 38.2 Å². The number of likely N-dealkylation sites (tertiary alicyclic amines) is 1. The number of carbonyl (C=O) groups excluding carboxylic acids is 2. The number of hydrogen-bond donors (Lipinski definition) is 1. The average molecular weight is 448 g/mol. The molecule has 3 aromatic rings. The summed E-state index contributed by atoms with van der Waals surface area (Å²) in [5, 5.41) is 0.870. The summed E-state index contributed by atoms with van der Waals surface area (Å²) in [6.45, 7) is 3.03. The van der Waals surface area contributed by atoms with Crippen LogP contribution in [0.3, 0.4) is 0 Å². The van der Waals surface area contributed by atoms with E-state index in [1.165, 1.54) is 0 Å². The molecule has 2 amide bonds. The Morgan fingerprint density at radius 1 is 1.15 bits per heavy atom. The number of para-hydroxylation sites is 3. The molecule has 7 heteroatoms. The zero-order chi connectivity index (χ0) is 23.4. The van der Waals surface area contributed by atoms with E-state index in [-0.39, 0.29) is 11.8 Å². The molecule has 4 rings (SSSR count). The van der Waals surface area contributed by atoms with Crippen LogP contribution in [-0.2, 0) is 4.79 Å². The molecule has 2 atom stereocenters. The Labute approximate surface area is 193 Å². The normalized spacial score (nSPS) is 16.9. The molecule has 1 aliphatic rings. The number of benzene rings is 2. The second kappa shape index (κ2) is 9.90. The Hall–Kier alpha value is -3.61. The molecule has 172 valence electrons. The maximum absolute atomic E-state index is 13.4. The van der Waals surface area contributed by atoms with Crippen molar-refractivity contribution in [1.82, 2.24) is 9.88 Å². The topological polar surface area (TPSA) is 94.8 Å². The molecule has 2 heterocycles. The fourth-order valence-corrected chi connectivity index (χ4v) is 4.42. The fraction of sp³-hybridized carbons (Fsp3) is 0.346. The smallest absolute Gasteiger partial charge is 0.263 e. The largest absolute Gasteiger partial charge is 0.493 e. The first-order chi connectivity index (χ1) is 16.0. The van der Waals surface area contributed by atoms with Gasteiger partial charge in [-0.1, -0.05) is 37.3 Å². The number of piperidine rings is 1. The summed E-state index contributed by atoms with van der Waals surface area (Å²) >= 11 is 0. The van der Waals surface area contributed by atoms with E-state index in [4.69, 9.17) is 20.2 Å². The van der Waals surface area contributed by atoms with Gasteiger partial charge in [-0.3, -0.25) is 14.6 Å². The molecule has 0 saturated carbocycles. The first kappa shape index (κ1) is 22.6. The van der Waals surface area contributed by atoms with Crippen molar-refractivity contribution in [3.8, 4) is 11.5 Å². The van der Waals surface area contributed by atoms with Crippen molar-refractivity contribution in [1.29, 1.82) is 0 Å². The van der Waals surface area contributed by atoms with Crippen molar-refractivity contribution in [3.63, 3.8) is 0 Å². The second-order valence-corrected chi connectivity index (χ2v) is 8.27. The Kier molecular flexibility index (Phi) is 6.77. The van der Waals surface area contributed by atoms with E-state index < -0.39 is 12.0 Å². The number of hydrogen-bond acceptors (Lipinski definition) is 5. The summed E-state index contributed by atoms with van der Waals surface area (Å²) in [5.41, 5.74) is 7.60. The molecule has 1 fully saturated rings. The van der Waals surface area contributed by atoms with Gasteiger partial charge in [0.25, 0.3) is 11.8 Å². The van der Waals surface area contributed by atoms with Crippen molar-refractivity contribution < 1.29 is 19.1 Å². The minimum absolute atomic E-state index is 0.0708. The third-order valence-electron chi connectivity index (χ3n) is 6.12. The molecule has 7 nitrogen and oxygen atoms in total. The average Bonchev–Trinajstić information content (AvgIpc) is 2.86. The lowest BCUT2D eigenvalue weighted by atomic mass is 9.90. The van der Waals surface area contributed by atoms with Crippen molar-refractivity contribution in [2.24, 2.45) is 5.73 Å². The first-order valence-corrected chi connectivity index (χ1v) is 11.3. The zero-order valence-electron chi connectivity index (χ0n) is 19.0. The molecule has 0 unspecified atom stereocenters. The monoisotopic (exact) mass is 447 g/mol. The van der Waals surface area contributed by atoms with E-state index in [1.54, 1.807) is 25.3 Å². The van der Waals surface area contributed by atoms with E-state index in [9.17, 15) is 9.59 Å². The lowest BCUT2D eigenvalue weighted by molar-refractivity contribution is -0.140. The minimum Gasteiger partial charge on any atom is -0.493 e. The highest BCUT2D eigenvalue weighted by atomic mass is 16.5. The van der Waals surface area contributed by atoms with Crippen LogP contribution in [-0.4, -0.2) is 48.0 Å². The van der Waals surface area contributed by atoms with Crippen LogP contribution in [0.25, 0.3) is 10.9 Å². The van der Waals surface area contributed by atoms with Crippen LogP contribution in [0.15, 0.2) is 54.6 Å². The molecule has 2 N–H and O–H groups in total. The number of amides is 2. The van der Waals surface area contributed by atoms with E-state index in [0.717, 1.165) is 23.7 Å². The van der Waals surface area contributed by atoms with Gasteiger partial charge >= 0.3 is 0 Å². The van der Waals surface area contributed by atoms with E-state index in [0.29, 0.717) is 42.3 Å². The van der Waals surface area contributed by atoms with Crippen LogP contribution in [0.2, 0.25) is 0 Å². The third kappa shape index (κ3) is 4.77. The quantitative estimate of drug-likeness (QED) is 0.593. The number of aromatic nitrogens is 1. The zero-order valence-corrected chi connectivity index (χ0v) is 19.0. The molecule has 0 spiro atoms. The molecule has 33 heavy (non-hydrogen) atoms. The fourth-order valence-electron chi connectivity index (χ4n) is 4.42. The standard InChI is InChI=1S/C26H29N3O4/c1-3-21(33-23-13-7-6-12-22(23)32-2)26(31)29-14-8-10-18(16-29)24-19(25(27)30)15-17-9-4-5-11-20(17)28-24/h4-7,9,11-13,15,18,21H,3,8,10,14,16H2,1-2H3,(H2,27,30)/t18-,21-/m0/s1. The van der Waals surface area contributed by atoms with Gasteiger partial charge in [-0.2, -0.15) is 0 Å². The number of carbonyl (C=O) groups is 2. The lowest BCUT2D eigenvalue weighted by Crippen LogP contribution is -2.46. The maximum Gasteiger partial charge on any atom is 0.263 e. The van der Waals surface area contributed by atoms with Crippen molar-refractivity contribution in [3.05, 3.63) is 65.9 Å². The van der Waals surface area contributed by atoms with Gasteiger partial charge in [0.2, 0.25) is 0 Å². The van der Waals surface area contributed by atoms with Crippen LogP contribution >= 0.6 is 0 Å². The summed E-state index contributed by atoms with van der Waals surface area (Å²) in [7, 11) is 1.58. The number of pyridine rings is 1. The number of rotatable bonds is 7. The predicted molar refractivity (Wildman–Crippen MR) is 127 cm³/mol. The van der Waals surface area contributed by atoms with E-state index in [1.807, 2.05) is 48.2 Å². The summed E-state index contributed by atoms with van der Waals surface area (Å²) in [5.74, 6) is 0.485. The number of nitrogens with two attached hydrogens (primary N) is 1.